The van der Waals surface area contributed by atoms with Crippen molar-refractivity contribution in [1.29, 1.82) is 0 Å². The Bertz CT molecular complexity index is 656. The standard InChI is InChI=1S/C19H25NO3/c1-12-11-16(22)20(17(12)23)15-9-7-14(8-10-15)19(5,6)18(3,4)13(2)21/h7-10,12H,11H2,1-6H3. The summed E-state index contributed by atoms with van der Waals surface area (Å²) < 4.78 is 0. The molecule has 124 valence electrons. The Hall–Kier alpha value is -1.97. The van der Waals surface area contributed by atoms with Gasteiger partial charge in [-0.2, -0.15) is 0 Å². The van der Waals surface area contributed by atoms with E-state index in [1.807, 2.05) is 39.8 Å². The van der Waals surface area contributed by atoms with E-state index in [-0.39, 0.29) is 35.4 Å². The van der Waals surface area contributed by atoms with E-state index in [4.69, 9.17) is 0 Å². The minimum Gasteiger partial charge on any atom is -0.299 e. The average molecular weight is 315 g/mol. The Morgan fingerprint density at radius 1 is 1.09 bits per heavy atom. The van der Waals surface area contributed by atoms with Crippen LogP contribution in [0.2, 0.25) is 0 Å². The molecule has 1 aliphatic heterocycles. The summed E-state index contributed by atoms with van der Waals surface area (Å²) in [6.45, 7) is 11.3. The van der Waals surface area contributed by atoms with Crippen LogP contribution in [0.25, 0.3) is 0 Å². The summed E-state index contributed by atoms with van der Waals surface area (Å²) in [6, 6.07) is 7.40. The summed E-state index contributed by atoms with van der Waals surface area (Å²) >= 11 is 0. The molecule has 2 rings (SSSR count). The van der Waals surface area contributed by atoms with Crippen molar-refractivity contribution in [3.05, 3.63) is 29.8 Å². The molecule has 4 heteroatoms. The van der Waals surface area contributed by atoms with Crippen LogP contribution in [0.1, 0.15) is 53.5 Å². The molecule has 0 aromatic heterocycles. The van der Waals surface area contributed by atoms with Gasteiger partial charge in [0.2, 0.25) is 11.8 Å². The van der Waals surface area contributed by atoms with Crippen LogP contribution in [0, 0.1) is 11.3 Å². The first kappa shape index (κ1) is 17.4. The molecule has 1 atom stereocenters. The molecular formula is C19H25NO3. The Kier molecular flexibility index (Phi) is 4.22. The van der Waals surface area contributed by atoms with Crippen molar-refractivity contribution >= 4 is 23.3 Å². The zero-order valence-corrected chi connectivity index (χ0v) is 14.8. The molecule has 0 saturated carbocycles. The third-order valence-corrected chi connectivity index (χ3v) is 5.66. The zero-order valence-electron chi connectivity index (χ0n) is 14.8. The number of amides is 2. The molecule has 4 nitrogen and oxygen atoms in total. The third kappa shape index (κ3) is 2.71. The second-order valence-corrected chi connectivity index (χ2v) is 7.53. The smallest absolute Gasteiger partial charge is 0.237 e. The average Bonchev–Trinajstić information content (AvgIpc) is 2.72. The van der Waals surface area contributed by atoms with Crippen molar-refractivity contribution in [3.63, 3.8) is 0 Å². The number of rotatable bonds is 4. The molecule has 1 unspecified atom stereocenters. The number of ketones is 1. The van der Waals surface area contributed by atoms with Crippen LogP contribution in [-0.2, 0) is 19.8 Å². The monoisotopic (exact) mass is 315 g/mol. The first-order valence-electron chi connectivity index (χ1n) is 7.98. The number of nitrogens with zero attached hydrogens (tertiary/aromatic N) is 1. The molecular weight excluding hydrogens is 290 g/mol. The van der Waals surface area contributed by atoms with Gasteiger partial charge in [0.25, 0.3) is 0 Å². The van der Waals surface area contributed by atoms with Gasteiger partial charge in [-0.15, -0.1) is 0 Å². The number of carbonyl (C=O) groups is 3. The molecule has 0 spiro atoms. The van der Waals surface area contributed by atoms with E-state index in [0.29, 0.717) is 5.69 Å². The number of Topliss-reactive ketones (excluding diaryl/α,β-unsaturated/α-hetero) is 1. The second kappa shape index (κ2) is 5.59. The highest BCUT2D eigenvalue weighted by molar-refractivity contribution is 6.20. The van der Waals surface area contributed by atoms with Gasteiger partial charge >= 0.3 is 0 Å². The number of imide groups is 1. The van der Waals surface area contributed by atoms with Crippen LogP contribution in [0.5, 0.6) is 0 Å². The lowest BCUT2D eigenvalue weighted by Gasteiger charge is -2.40. The molecule has 1 saturated heterocycles. The van der Waals surface area contributed by atoms with Crippen LogP contribution in [0.15, 0.2) is 24.3 Å². The van der Waals surface area contributed by atoms with E-state index < -0.39 is 5.41 Å². The normalized spacial score (nSPS) is 19.4. The van der Waals surface area contributed by atoms with Gasteiger partial charge in [0, 0.05) is 23.2 Å². The molecule has 0 aliphatic carbocycles. The quantitative estimate of drug-likeness (QED) is 0.799. The fourth-order valence-electron chi connectivity index (χ4n) is 2.88. The molecule has 1 fully saturated rings. The summed E-state index contributed by atoms with van der Waals surface area (Å²) in [7, 11) is 0. The number of carbonyl (C=O) groups excluding carboxylic acids is 3. The van der Waals surface area contributed by atoms with E-state index in [1.165, 1.54) is 4.90 Å². The van der Waals surface area contributed by atoms with Gasteiger partial charge in [-0.05, 0) is 24.6 Å². The van der Waals surface area contributed by atoms with Crippen LogP contribution < -0.4 is 4.90 Å². The predicted octanol–water partition coefficient (Wildman–Crippen LogP) is 3.48. The van der Waals surface area contributed by atoms with Gasteiger partial charge in [0.05, 0.1) is 5.69 Å². The summed E-state index contributed by atoms with van der Waals surface area (Å²) in [4.78, 5) is 37.3. The molecule has 0 bridgehead atoms. The molecule has 1 aromatic carbocycles. The lowest BCUT2D eigenvalue weighted by atomic mass is 9.62. The molecule has 1 aromatic rings. The minimum absolute atomic E-state index is 0.130. The SMILES string of the molecule is CC(=O)C(C)(C)C(C)(C)c1ccc(N2C(=O)CC(C)C2=O)cc1. The van der Waals surface area contributed by atoms with Crippen LogP contribution in [-0.4, -0.2) is 17.6 Å². The van der Waals surface area contributed by atoms with Gasteiger partial charge in [-0.1, -0.05) is 46.8 Å². The molecule has 1 aliphatic rings. The number of hydrogen-bond donors (Lipinski definition) is 0. The van der Waals surface area contributed by atoms with Crippen LogP contribution in [0.4, 0.5) is 5.69 Å². The number of hydrogen-bond acceptors (Lipinski definition) is 3. The van der Waals surface area contributed by atoms with Gasteiger partial charge in [-0.3, -0.25) is 19.3 Å². The molecule has 1 heterocycles. The summed E-state index contributed by atoms with van der Waals surface area (Å²) in [5, 5.41) is 0. The number of anilines is 1. The van der Waals surface area contributed by atoms with Gasteiger partial charge in [0.15, 0.2) is 0 Å². The van der Waals surface area contributed by atoms with E-state index in [0.717, 1.165) is 5.56 Å². The Morgan fingerprint density at radius 2 is 1.61 bits per heavy atom. The fraction of sp³-hybridized carbons (Fsp3) is 0.526. The first-order chi connectivity index (χ1) is 10.5. The molecule has 0 radical (unpaired) electrons. The van der Waals surface area contributed by atoms with Crippen molar-refractivity contribution in [3.8, 4) is 0 Å². The highest BCUT2D eigenvalue weighted by atomic mass is 16.2. The van der Waals surface area contributed by atoms with Crippen molar-refractivity contribution in [1.82, 2.24) is 0 Å². The van der Waals surface area contributed by atoms with Crippen molar-refractivity contribution < 1.29 is 14.4 Å². The van der Waals surface area contributed by atoms with E-state index in [1.54, 1.807) is 26.0 Å². The Labute approximate surface area is 137 Å². The van der Waals surface area contributed by atoms with Crippen molar-refractivity contribution in [2.75, 3.05) is 4.90 Å². The Morgan fingerprint density at radius 3 is 2.00 bits per heavy atom. The van der Waals surface area contributed by atoms with Crippen LogP contribution in [0.3, 0.4) is 0 Å². The van der Waals surface area contributed by atoms with Gasteiger partial charge in [-0.25, -0.2) is 0 Å². The van der Waals surface area contributed by atoms with E-state index >= 15 is 0 Å². The van der Waals surface area contributed by atoms with Crippen molar-refractivity contribution in [2.45, 2.75) is 53.4 Å². The van der Waals surface area contributed by atoms with Crippen LogP contribution >= 0.6 is 0 Å². The largest absolute Gasteiger partial charge is 0.299 e. The summed E-state index contributed by atoms with van der Waals surface area (Å²) in [5.41, 5.74) is 0.740. The Balaban J connectivity index is 2.35. The maximum absolute atomic E-state index is 12.1. The fourth-order valence-corrected chi connectivity index (χ4v) is 2.88. The maximum Gasteiger partial charge on any atom is 0.237 e. The first-order valence-corrected chi connectivity index (χ1v) is 7.98. The lowest BCUT2D eigenvalue weighted by molar-refractivity contribution is -0.128. The maximum atomic E-state index is 12.1. The zero-order chi connectivity index (χ0) is 17.6. The van der Waals surface area contributed by atoms with Crippen molar-refractivity contribution in [2.24, 2.45) is 11.3 Å². The van der Waals surface area contributed by atoms with E-state index in [2.05, 4.69) is 0 Å². The predicted molar refractivity (Wildman–Crippen MR) is 90.2 cm³/mol. The number of benzene rings is 1. The minimum atomic E-state index is -0.512. The van der Waals surface area contributed by atoms with Gasteiger partial charge < -0.3 is 0 Å². The van der Waals surface area contributed by atoms with Gasteiger partial charge in [0.1, 0.15) is 5.78 Å². The highest BCUT2D eigenvalue weighted by Crippen LogP contribution is 2.42. The summed E-state index contributed by atoms with van der Waals surface area (Å²) in [6.07, 6.45) is 0.267. The third-order valence-electron chi connectivity index (χ3n) is 5.66. The highest BCUT2D eigenvalue weighted by Gasteiger charge is 2.42. The lowest BCUT2D eigenvalue weighted by Crippen LogP contribution is -2.41. The van der Waals surface area contributed by atoms with E-state index in [9.17, 15) is 14.4 Å². The molecule has 0 N–H and O–H groups in total. The summed E-state index contributed by atoms with van der Waals surface area (Å²) in [5.74, 6) is -0.426. The molecule has 2 amide bonds. The second-order valence-electron chi connectivity index (χ2n) is 7.53. The molecule has 23 heavy (non-hydrogen) atoms. The topological polar surface area (TPSA) is 54.5 Å².